The van der Waals surface area contributed by atoms with Crippen molar-refractivity contribution in [2.45, 2.75) is 0 Å². The Labute approximate surface area is 321 Å². The van der Waals surface area contributed by atoms with Crippen LogP contribution in [0.2, 0.25) is 0 Å². The summed E-state index contributed by atoms with van der Waals surface area (Å²) in [6.45, 7) is 0. The van der Waals surface area contributed by atoms with Crippen LogP contribution in [0.4, 0.5) is 0 Å². The molecule has 12 aromatic rings. The maximum absolute atomic E-state index is 6.54. The van der Waals surface area contributed by atoms with E-state index in [-0.39, 0.29) is 0 Å². The highest BCUT2D eigenvalue weighted by atomic mass is 16.3. The number of hydrogen-bond donors (Lipinski definition) is 0. The van der Waals surface area contributed by atoms with Crippen molar-refractivity contribution in [2.24, 2.45) is 0 Å². The van der Waals surface area contributed by atoms with Crippen molar-refractivity contribution < 1.29 is 4.42 Å². The Hall–Kier alpha value is -7.56. The molecule has 12 rings (SSSR count). The van der Waals surface area contributed by atoms with Crippen molar-refractivity contribution in [3.63, 3.8) is 0 Å². The monoisotopic (exact) mass is 715 g/mol. The zero-order valence-corrected chi connectivity index (χ0v) is 30.3. The first-order chi connectivity index (χ1) is 27.8. The lowest BCUT2D eigenvalue weighted by Gasteiger charge is -2.17. The molecule has 4 heteroatoms. The summed E-state index contributed by atoms with van der Waals surface area (Å²) in [6.07, 6.45) is 0. The first-order valence-electron chi connectivity index (χ1n) is 19.1. The largest absolute Gasteiger partial charge is 0.456 e. The van der Waals surface area contributed by atoms with E-state index in [0.29, 0.717) is 0 Å². The second-order valence-electron chi connectivity index (χ2n) is 14.6. The average molecular weight is 716 g/mol. The van der Waals surface area contributed by atoms with Gasteiger partial charge in [-0.3, -0.25) is 0 Å². The second kappa shape index (κ2) is 12.0. The standard InChI is InChI=1S/C52H33N3O/c1-2-16-37(17-3-1)53-38-18-8-14-35(30-38)36-15-9-19-39(31-36)54(41-27-29-51-46(33-41)45-32-40(53)26-28-50(45)56-51)49-25-11-22-44-43-21-6-7-23-48(43)55(52(44)49)47-24-10-13-34-12-4-5-20-42(34)47/h1-33H. The predicted molar refractivity (Wildman–Crippen MR) is 234 cm³/mol. The lowest BCUT2D eigenvalue weighted by molar-refractivity contribution is 0.669. The summed E-state index contributed by atoms with van der Waals surface area (Å²) in [5, 5.41) is 9.27. The first-order valence-corrected chi connectivity index (χ1v) is 19.1. The Kier molecular flexibility index (Phi) is 6.60. The molecule has 262 valence electrons. The van der Waals surface area contributed by atoms with Gasteiger partial charge in [0.1, 0.15) is 11.2 Å². The molecule has 0 amide bonds. The summed E-state index contributed by atoms with van der Waals surface area (Å²) >= 11 is 0. The van der Waals surface area contributed by atoms with E-state index in [0.717, 1.165) is 77.4 Å². The van der Waals surface area contributed by atoms with Gasteiger partial charge in [-0.15, -0.1) is 0 Å². The molecule has 9 aromatic carbocycles. The van der Waals surface area contributed by atoms with Crippen LogP contribution in [-0.4, -0.2) is 13.7 Å². The molecule has 0 aliphatic carbocycles. The summed E-state index contributed by atoms with van der Waals surface area (Å²) < 4.78 is 13.8. The first kappa shape index (κ1) is 30.9. The van der Waals surface area contributed by atoms with Gasteiger partial charge >= 0.3 is 0 Å². The molecular weight excluding hydrogens is 683 g/mol. The number of furan rings is 1. The maximum atomic E-state index is 6.54. The van der Waals surface area contributed by atoms with Gasteiger partial charge in [-0.05, 0) is 107 Å². The number of nitrogens with zero attached hydrogens (tertiary/aromatic N) is 3. The molecule has 0 radical (unpaired) electrons. The van der Waals surface area contributed by atoms with Gasteiger partial charge in [-0.2, -0.15) is 0 Å². The van der Waals surface area contributed by atoms with Crippen LogP contribution in [0.3, 0.4) is 0 Å². The second-order valence-corrected chi connectivity index (χ2v) is 14.6. The molecule has 3 aromatic heterocycles. The Balaban J connectivity index is 1.29. The molecule has 0 unspecified atom stereocenters. The smallest absolute Gasteiger partial charge is 0.135 e. The van der Waals surface area contributed by atoms with Crippen molar-refractivity contribution in [1.82, 2.24) is 13.7 Å². The number of aromatic nitrogens is 3. The van der Waals surface area contributed by atoms with E-state index in [9.17, 15) is 0 Å². The molecule has 0 saturated carbocycles. The Morgan fingerprint density at radius 3 is 1.61 bits per heavy atom. The van der Waals surface area contributed by atoms with Gasteiger partial charge in [0, 0.05) is 54.7 Å². The molecule has 0 spiro atoms. The third-order valence-electron chi connectivity index (χ3n) is 11.4. The van der Waals surface area contributed by atoms with Gasteiger partial charge in [-0.1, -0.05) is 109 Å². The van der Waals surface area contributed by atoms with E-state index in [4.69, 9.17) is 4.42 Å². The van der Waals surface area contributed by atoms with Crippen LogP contribution >= 0.6 is 0 Å². The SMILES string of the molecule is c1ccc(-n2c3cccc(c3)c3cccc(c3)n(-c3cccc4c5ccccc5n(-c5cccc6ccccc56)c34)c3ccc4oc5ccc2cc5c4c3)cc1. The van der Waals surface area contributed by atoms with Crippen molar-refractivity contribution in [1.29, 1.82) is 0 Å². The van der Waals surface area contributed by atoms with Gasteiger partial charge in [-0.25, -0.2) is 0 Å². The number of para-hydroxylation sites is 3. The molecule has 8 bridgehead atoms. The Morgan fingerprint density at radius 1 is 0.304 bits per heavy atom. The van der Waals surface area contributed by atoms with Crippen LogP contribution < -0.4 is 0 Å². The minimum atomic E-state index is 0.859. The molecule has 3 heterocycles. The third kappa shape index (κ3) is 4.60. The molecule has 0 aliphatic rings. The zero-order chi connectivity index (χ0) is 36.7. The number of fused-ring (bicyclic) bond motifs is 11. The fourth-order valence-electron chi connectivity index (χ4n) is 8.97. The van der Waals surface area contributed by atoms with E-state index in [2.05, 4.69) is 214 Å². The van der Waals surface area contributed by atoms with Gasteiger partial charge in [0.25, 0.3) is 0 Å². The van der Waals surface area contributed by atoms with Crippen LogP contribution in [0, 0.1) is 0 Å². The minimum Gasteiger partial charge on any atom is -0.456 e. The quantitative estimate of drug-likeness (QED) is 0.179. The fraction of sp³-hybridized carbons (Fsp3) is 0. The van der Waals surface area contributed by atoms with E-state index < -0.39 is 0 Å². The normalized spacial score (nSPS) is 11.9. The van der Waals surface area contributed by atoms with Gasteiger partial charge < -0.3 is 18.1 Å². The summed E-state index contributed by atoms with van der Waals surface area (Å²) in [7, 11) is 0. The van der Waals surface area contributed by atoms with Gasteiger partial charge in [0.05, 0.1) is 22.4 Å². The lowest BCUT2D eigenvalue weighted by atomic mass is 10.1. The molecule has 4 nitrogen and oxygen atoms in total. The molecule has 0 atom stereocenters. The van der Waals surface area contributed by atoms with Gasteiger partial charge in [0.15, 0.2) is 0 Å². The Bertz CT molecular complexity index is 3590. The molecule has 0 saturated heterocycles. The summed E-state index contributed by atoms with van der Waals surface area (Å²) in [6, 6.07) is 72.5. The molecular formula is C52H33N3O. The van der Waals surface area contributed by atoms with E-state index in [1.807, 2.05) is 0 Å². The van der Waals surface area contributed by atoms with Crippen LogP contribution in [0.25, 0.3) is 104 Å². The lowest BCUT2D eigenvalue weighted by Crippen LogP contribution is -2.02. The summed E-state index contributed by atoms with van der Waals surface area (Å²) in [5.74, 6) is 0. The van der Waals surface area contributed by atoms with Crippen LogP contribution in [0.1, 0.15) is 0 Å². The molecule has 56 heavy (non-hydrogen) atoms. The number of benzene rings is 9. The van der Waals surface area contributed by atoms with Crippen molar-refractivity contribution >= 4 is 87.4 Å². The maximum Gasteiger partial charge on any atom is 0.135 e. The highest BCUT2D eigenvalue weighted by molar-refractivity contribution is 6.14. The topological polar surface area (TPSA) is 27.9 Å². The molecule has 0 aliphatic heterocycles. The van der Waals surface area contributed by atoms with E-state index in [1.165, 1.54) is 27.1 Å². The van der Waals surface area contributed by atoms with Crippen LogP contribution in [0.15, 0.2) is 205 Å². The summed E-state index contributed by atoms with van der Waals surface area (Å²) in [5.41, 5.74) is 11.7. The van der Waals surface area contributed by atoms with Crippen molar-refractivity contribution in [2.75, 3.05) is 0 Å². The van der Waals surface area contributed by atoms with Gasteiger partial charge in [0.2, 0.25) is 0 Å². The minimum absolute atomic E-state index is 0.859. The van der Waals surface area contributed by atoms with Crippen molar-refractivity contribution in [3.8, 4) is 17.1 Å². The van der Waals surface area contributed by atoms with Crippen LogP contribution in [0.5, 0.6) is 0 Å². The highest BCUT2D eigenvalue weighted by Gasteiger charge is 2.19. The fourth-order valence-corrected chi connectivity index (χ4v) is 8.97. The summed E-state index contributed by atoms with van der Waals surface area (Å²) in [4.78, 5) is 0. The number of hydrogen-bond acceptors (Lipinski definition) is 1. The number of rotatable bonds is 3. The van der Waals surface area contributed by atoms with E-state index in [1.54, 1.807) is 0 Å². The highest BCUT2D eigenvalue weighted by Crippen LogP contribution is 2.39. The zero-order valence-electron chi connectivity index (χ0n) is 30.3. The van der Waals surface area contributed by atoms with E-state index >= 15 is 0 Å². The average Bonchev–Trinajstić information content (AvgIpc) is 3.80. The predicted octanol–water partition coefficient (Wildman–Crippen LogP) is 14.0. The van der Waals surface area contributed by atoms with Crippen LogP contribution in [-0.2, 0) is 0 Å². The molecule has 0 fully saturated rings. The van der Waals surface area contributed by atoms with Crippen molar-refractivity contribution in [3.05, 3.63) is 200 Å². The molecule has 0 N–H and O–H groups in total. The Morgan fingerprint density at radius 2 is 0.839 bits per heavy atom. The third-order valence-corrected chi connectivity index (χ3v) is 11.4.